The Balaban J connectivity index is 1.65. The lowest BCUT2D eigenvalue weighted by atomic mass is 10.2. The summed E-state index contributed by atoms with van der Waals surface area (Å²) >= 11 is 0. The molecule has 0 radical (unpaired) electrons. The Labute approximate surface area is 146 Å². The molecule has 6 nitrogen and oxygen atoms in total. The first kappa shape index (κ1) is 15.8. The van der Waals surface area contributed by atoms with Crippen molar-refractivity contribution < 1.29 is 9.15 Å². The number of furan rings is 1. The molecule has 1 atom stereocenters. The van der Waals surface area contributed by atoms with Crippen molar-refractivity contribution in [1.82, 2.24) is 15.0 Å². The van der Waals surface area contributed by atoms with Crippen molar-refractivity contribution in [3.05, 3.63) is 60.3 Å². The Morgan fingerprint density at radius 3 is 2.92 bits per heavy atom. The van der Waals surface area contributed by atoms with Crippen LogP contribution in [0.2, 0.25) is 0 Å². The maximum atomic E-state index is 5.85. The molecule has 1 unspecified atom stereocenters. The third-order valence-electron chi connectivity index (χ3n) is 4.27. The molecule has 6 heteroatoms. The topological polar surface area (TPSA) is 64.3 Å². The van der Waals surface area contributed by atoms with E-state index in [0.717, 1.165) is 35.9 Å². The summed E-state index contributed by atoms with van der Waals surface area (Å²) in [5.74, 6) is 2.42. The normalized spacial score (nSPS) is 17.6. The number of anilines is 1. The second-order valence-corrected chi connectivity index (χ2v) is 5.93. The molecule has 0 aromatic carbocycles. The molecule has 128 valence electrons. The van der Waals surface area contributed by atoms with E-state index in [1.165, 1.54) is 0 Å². The minimum absolute atomic E-state index is 0.0814. The summed E-state index contributed by atoms with van der Waals surface area (Å²) in [7, 11) is 0. The van der Waals surface area contributed by atoms with Crippen LogP contribution in [0.3, 0.4) is 0 Å². The van der Waals surface area contributed by atoms with Gasteiger partial charge in [-0.2, -0.15) is 0 Å². The van der Waals surface area contributed by atoms with Gasteiger partial charge in [0.05, 0.1) is 19.4 Å². The van der Waals surface area contributed by atoms with Gasteiger partial charge in [-0.15, -0.1) is 0 Å². The lowest BCUT2D eigenvalue weighted by Gasteiger charge is -2.33. The Hall–Kier alpha value is -2.73. The number of pyridine rings is 1. The molecule has 0 N–H and O–H groups in total. The van der Waals surface area contributed by atoms with Gasteiger partial charge in [0, 0.05) is 24.5 Å². The molecule has 4 rings (SSSR count). The molecule has 0 amide bonds. The highest BCUT2D eigenvalue weighted by Gasteiger charge is 2.25. The van der Waals surface area contributed by atoms with Crippen LogP contribution in [-0.4, -0.2) is 34.6 Å². The van der Waals surface area contributed by atoms with Gasteiger partial charge in [0.1, 0.15) is 23.4 Å². The summed E-state index contributed by atoms with van der Waals surface area (Å²) < 4.78 is 11.4. The number of aromatic nitrogens is 3. The summed E-state index contributed by atoms with van der Waals surface area (Å²) in [5, 5.41) is 0. The van der Waals surface area contributed by atoms with E-state index in [2.05, 4.69) is 27.9 Å². The van der Waals surface area contributed by atoms with E-state index in [1.54, 1.807) is 12.5 Å². The summed E-state index contributed by atoms with van der Waals surface area (Å²) in [5.41, 5.74) is 1.79. The number of hydrogen-bond donors (Lipinski definition) is 0. The fourth-order valence-corrected chi connectivity index (χ4v) is 2.94. The van der Waals surface area contributed by atoms with Gasteiger partial charge in [-0.05, 0) is 30.7 Å². The summed E-state index contributed by atoms with van der Waals surface area (Å²) in [6.45, 7) is 4.23. The first-order chi connectivity index (χ1) is 12.3. The highest BCUT2D eigenvalue weighted by Crippen LogP contribution is 2.27. The van der Waals surface area contributed by atoms with Crippen molar-refractivity contribution >= 4 is 5.82 Å². The zero-order chi connectivity index (χ0) is 17.1. The maximum Gasteiger partial charge on any atom is 0.180 e. The SMILES string of the molecule is CCc1cc(N2CCOC(c3ccco3)C2)nc(-c2ccccn2)n1. The predicted octanol–water partition coefficient (Wildman–Crippen LogP) is 3.27. The Morgan fingerprint density at radius 2 is 2.16 bits per heavy atom. The van der Waals surface area contributed by atoms with E-state index >= 15 is 0 Å². The monoisotopic (exact) mass is 336 g/mol. The summed E-state index contributed by atoms with van der Waals surface area (Å²) in [6, 6.07) is 11.7. The smallest absolute Gasteiger partial charge is 0.180 e. The van der Waals surface area contributed by atoms with Gasteiger partial charge in [-0.25, -0.2) is 9.97 Å². The first-order valence-corrected chi connectivity index (χ1v) is 8.53. The van der Waals surface area contributed by atoms with Crippen molar-refractivity contribution in [1.29, 1.82) is 0 Å². The van der Waals surface area contributed by atoms with Gasteiger partial charge in [0.15, 0.2) is 5.82 Å². The van der Waals surface area contributed by atoms with Crippen LogP contribution in [0, 0.1) is 0 Å². The summed E-state index contributed by atoms with van der Waals surface area (Å²) in [4.78, 5) is 16.0. The molecule has 25 heavy (non-hydrogen) atoms. The number of rotatable bonds is 4. The van der Waals surface area contributed by atoms with Crippen LogP contribution in [0.25, 0.3) is 11.5 Å². The number of hydrogen-bond acceptors (Lipinski definition) is 6. The van der Waals surface area contributed by atoms with Crippen LogP contribution in [0.15, 0.2) is 53.3 Å². The molecule has 3 aromatic heterocycles. The minimum atomic E-state index is -0.0814. The molecule has 0 spiro atoms. The van der Waals surface area contributed by atoms with E-state index < -0.39 is 0 Å². The fourth-order valence-electron chi connectivity index (χ4n) is 2.94. The van der Waals surface area contributed by atoms with Crippen molar-refractivity contribution in [2.45, 2.75) is 19.4 Å². The predicted molar refractivity (Wildman–Crippen MR) is 94.3 cm³/mol. The average Bonchev–Trinajstić information content (AvgIpc) is 3.23. The number of morpholine rings is 1. The summed E-state index contributed by atoms with van der Waals surface area (Å²) in [6.07, 6.45) is 4.21. The lowest BCUT2D eigenvalue weighted by Crippen LogP contribution is -2.39. The van der Waals surface area contributed by atoms with Gasteiger partial charge in [0.2, 0.25) is 0 Å². The molecule has 0 aliphatic carbocycles. The molecule has 0 saturated carbocycles. The lowest BCUT2D eigenvalue weighted by molar-refractivity contribution is 0.0255. The molecule has 1 fully saturated rings. The molecule has 4 heterocycles. The largest absolute Gasteiger partial charge is 0.467 e. The Morgan fingerprint density at radius 1 is 1.20 bits per heavy atom. The third kappa shape index (κ3) is 3.39. The minimum Gasteiger partial charge on any atom is -0.467 e. The molecular formula is C19H20N4O2. The van der Waals surface area contributed by atoms with E-state index in [9.17, 15) is 0 Å². The first-order valence-electron chi connectivity index (χ1n) is 8.53. The van der Waals surface area contributed by atoms with E-state index in [1.807, 2.05) is 30.3 Å². The molecule has 3 aromatic rings. The average molecular weight is 336 g/mol. The third-order valence-corrected chi connectivity index (χ3v) is 4.27. The molecule has 0 bridgehead atoms. The highest BCUT2D eigenvalue weighted by atomic mass is 16.5. The Kier molecular flexibility index (Phi) is 4.43. The molecule has 1 aliphatic rings. The van der Waals surface area contributed by atoms with Crippen molar-refractivity contribution in [2.24, 2.45) is 0 Å². The van der Waals surface area contributed by atoms with Crippen LogP contribution < -0.4 is 4.90 Å². The van der Waals surface area contributed by atoms with E-state index in [0.29, 0.717) is 19.0 Å². The second kappa shape index (κ2) is 7.03. The van der Waals surface area contributed by atoms with Gasteiger partial charge >= 0.3 is 0 Å². The van der Waals surface area contributed by atoms with Crippen LogP contribution in [0.4, 0.5) is 5.82 Å². The number of nitrogens with zero attached hydrogens (tertiary/aromatic N) is 4. The van der Waals surface area contributed by atoms with Crippen LogP contribution >= 0.6 is 0 Å². The zero-order valence-corrected chi connectivity index (χ0v) is 14.1. The van der Waals surface area contributed by atoms with Gasteiger partial charge in [0.25, 0.3) is 0 Å². The second-order valence-electron chi connectivity index (χ2n) is 5.93. The van der Waals surface area contributed by atoms with Crippen LogP contribution in [-0.2, 0) is 11.2 Å². The number of aryl methyl sites for hydroxylation is 1. The van der Waals surface area contributed by atoms with Crippen LogP contribution in [0.1, 0.15) is 24.5 Å². The van der Waals surface area contributed by atoms with Crippen molar-refractivity contribution in [2.75, 3.05) is 24.6 Å². The number of ether oxygens (including phenoxy) is 1. The highest BCUT2D eigenvalue weighted by molar-refractivity contribution is 5.54. The zero-order valence-electron chi connectivity index (χ0n) is 14.1. The molecular weight excluding hydrogens is 316 g/mol. The van der Waals surface area contributed by atoms with E-state index in [4.69, 9.17) is 14.1 Å². The standard InChI is InChI=1S/C19H20N4O2/c1-2-14-12-18(22-19(21-14)15-6-3-4-8-20-15)23-9-11-25-17(13-23)16-7-5-10-24-16/h3-8,10,12,17H,2,9,11,13H2,1H3. The van der Waals surface area contributed by atoms with Gasteiger partial charge < -0.3 is 14.1 Å². The Bertz CT molecular complexity index is 821. The molecule has 1 saturated heterocycles. The van der Waals surface area contributed by atoms with Gasteiger partial charge in [-0.3, -0.25) is 4.98 Å². The molecule has 1 aliphatic heterocycles. The van der Waals surface area contributed by atoms with Crippen LogP contribution in [0.5, 0.6) is 0 Å². The van der Waals surface area contributed by atoms with E-state index in [-0.39, 0.29) is 6.10 Å². The fraction of sp³-hybridized carbons (Fsp3) is 0.316. The van der Waals surface area contributed by atoms with Gasteiger partial charge in [-0.1, -0.05) is 13.0 Å². The van der Waals surface area contributed by atoms with Crippen molar-refractivity contribution in [3.63, 3.8) is 0 Å². The maximum absolute atomic E-state index is 5.85. The quantitative estimate of drug-likeness (QED) is 0.728. The van der Waals surface area contributed by atoms with Crippen molar-refractivity contribution in [3.8, 4) is 11.5 Å².